The molecule has 2 rings (SSSR count). The van der Waals surface area contributed by atoms with Crippen LogP contribution < -0.4 is 0 Å². The Morgan fingerprint density at radius 2 is 1.95 bits per heavy atom. The van der Waals surface area contributed by atoms with Crippen molar-refractivity contribution >= 4 is 5.91 Å². The third kappa shape index (κ3) is 3.88. The van der Waals surface area contributed by atoms with Gasteiger partial charge in [0, 0.05) is 24.7 Å². The smallest absolute Gasteiger partial charge is 0.257 e. The molecule has 1 aromatic heterocycles. The number of aryl methyl sites for hydroxylation is 1. The van der Waals surface area contributed by atoms with Crippen molar-refractivity contribution in [2.24, 2.45) is 0 Å². The van der Waals surface area contributed by atoms with Crippen LogP contribution in [0, 0.1) is 6.92 Å². The van der Waals surface area contributed by atoms with Crippen molar-refractivity contribution in [3.8, 4) is 11.5 Å². The maximum absolute atomic E-state index is 12.2. The number of carbonyl (C=O) groups excluding carboxylic acids is 1. The van der Waals surface area contributed by atoms with Gasteiger partial charge >= 0.3 is 0 Å². The third-order valence-electron chi connectivity index (χ3n) is 2.88. The maximum atomic E-state index is 12.2. The summed E-state index contributed by atoms with van der Waals surface area (Å²) in [6.45, 7) is 5.34. The molecule has 1 heterocycles. The standard InChI is InChI=1S/C15H19N3O3/c1-10-16-13(21-17-10)11-5-7-12(8-6-11)14(19)18(4)9-15(2,3)20/h5-8,20H,9H2,1-4H3. The number of aromatic nitrogens is 2. The van der Waals surface area contributed by atoms with E-state index in [2.05, 4.69) is 10.1 Å². The number of carbonyl (C=O) groups is 1. The molecule has 0 bridgehead atoms. The fourth-order valence-corrected chi connectivity index (χ4v) is 2.04. The van der Waals surface area contributed by atoms with Crippen LogP contribution in [0.3, 0.4) is 0 Å². The van der Waals surface area contributed by atoms with E-state index in [1.54, 1.807) is 52.1 Å². The van der Waals surface area contributed by atoms with Gasteiger partial charge in [0.1, 0.15) is 0 Å². The molecule has 0 aliphatic carbocycles. The van der Waals surface area contributed by atoms with E-state index in [1.807, 2.05) is 0 Å². The number of amides is 1. The van der Waals surface area contributed by atoms with Crippen molar-refractivity contribution in [1.29, 1.82) is 0 Å². The molecule has 0 saturated heterocycles. The Morgan fingerprint density at radius 3 is 2.43 bits per heavy atom. The van der Waals surface area contributed by atoms with Crippen molar-refractivity contribution in [3.63, 3.8) is 0 Å². The summed E-state index contributed by atoms with van der Waals surface area (Å²) in [5.74, 6) is 0.844. The molecule has 112 valence electrons. The van der Waals surface area contributed by atoms with Gasteiger partial charge in [0.05, 0.1) is 5.60 Å². The van der Waals surface area contributed by atoms with Gasteiger partial charge in [-0.25, -0.2) is 0 Å². The van der Waals surface area contributed by atoms with Gasteiger partial charge in [0.15, 0.2) is 5.82 Å². The summed E-state index contributed by atoms with van der Waals surface area (Å²) in [5.41, 5.74) is 0.380. The zero-order chi connectivity index (χ0) is 15.6. The van der Waals surface area contributed by atoms with Gasteiger partial charge in [-0.15, -0.1) is 0 Å². The Hall–Kier alpha value is -2.21. The highest BCUT2D eigenvalue weighted by Crippen LogP contribution is 2.18. The number of nitrogens with zero attached hydrogens (tertiary/aromatic N) is 3. The summed E-state index contributed by atoms with van der Waals surface area (Å²) in [7, 11) is 1.66. The molecule has 6 heteroatoms. The Balaban J connectivity index is 2.13. The molecular weight excluding hydrogens is 270 g/mol. The second-order valence-corrected chi connectivity index (χ2v) is 5.70. The molecule has 2 aromatic rings. The lowest BCUT2D eigenvalue weighted by Crippen LogP contribution is -2.39. The first-order valence-electron chi connectivity index (χ1n) is 6.65. The van der Waals surface area contributed by atoms with E-state index in [4.69, 9.17) is 4.52 Å². The topological polar surface area (TPSA) is 79.5 Å². The van der Waals surface area contributed by atoms with Crippen LogP contribution in [0.1, 0.15) is 30.0 Å². The van der Waals surface area contributed by atoms with Gasteiger partial charge in [0.25, 0.3) is 11.8 Å². The zero-order valence-corrected chi connectivity index (χ0v) is 12.6. The van der Waals surface area contributed by atoms with Crippen LogP contribution in [0.4, 0.5) is 0 Å². The average Bonchev–Trinajstić information content (AvgIpc) is 2.83. The van der Waals surface area contributed by atoms with Crippen molar-refractivity contribution < 1.29 is 14.4 Å². The fraction of sp³-hybridized carbons (Fsp3) is 0.400. The summed E-state index contributed by atoms with van der Waals surface area (Å²) in [6, 6.07) is 6.94. The monoisotopic (exact) mass is 289 g/mol. The lowest BCUT2D eigenvalue weighted by Gasteiger charge is -2.25. The van der Waals surface area contributed by atoms with E-state index < -0.39 is 5.60 Å². The maximum Gasteiger partial charge on any atom is 0.257 e. The normalized spacial score (nSPS) is 11.5. The van der Waals surface area contributed by atoms with E-state index in [0.29, 0.717) is 17.3 Å². The zero-order valence-electron chi connectivity index (χ0n) is 12.6. The van der Waals surface area contributed by atoms with Crippen LogP contribution in [-0.2, 0) is 0 Å². The molecule has 0 atom stereocenters. The molecule has 0 aliphatic rings. The van der Waals surface area contributed by atoms with E-state index in [1.165, 1.54) is 4.90 Å². The van der Waals surface area contributed by atoms with Gasteiger partial charge in [-0.3, -0.25) is 4.79 Å². The predicted octanol–water partition coefficient (Wildman–Crippen LogP) is 1.89. The van der Waals surface area contributed by atoms with E-state index in [9.17, 15) is 9.90 Å². The minimum absolute atomic E-state index is 0.148. The van der Waals surface area contributed by atoms with Crippen LogP contribution in [0.25, 0.3) is 11.5 Å². The number of hydrogen-bond donors (Lipinski definition) is 1. The predicted molar refractivity (Wildman–Crippen MR) is 77.7 cm³/mol. The molecule has 0 radical (unpaired) electrons. The first kappa shape index (κ1) is 15.2. The van der Waals surface area contributed by atoms with E-state index >= 15 is 0 Å². The van der Waals surface area contributed by atoms with Crippen molar-refractivity contribution in [1.82, 2.24) is 15.0 Å². The number of aliphatic hydroxyl groups is 1. The molecular formula is C15H19N3O3. The second-order valence-electron chi connectivity index (χ2n) is 5.70. The average molecular weight is 289 g/mol. The third-order valence-corrected chi connectivity index (χ3v) is 2.88. The lowest BCUT2D eigenvalue weighted by molar-refractivity contribution is 0.0368. The van der Waals surface area contributed by atoms with Gasteiger partial charge in [-0.1, -0.05) is 5.16 Å². The summed E-state index contributed by atoms with van der Waals surface area (Å²) in [4.78, 5) is 17.9. The summed E-state index contributed by atoms with van der Waals surface area (Å²) >= 11 is 0. The summed E-state index contributed by atoms with van der Waals surface area (Å²) < 4.78 is 5.07. The molecule has 1 N–H and O–H groups in total. The first-order chi connectivity index (χ1) is 9.76. The van der Waals surface area contributed by atoms with E-state index in [-0.39, 0.29) is 12.5 Å². The molecule has 0 saturated carbocycles. The molecule has 0 spiro atoms. The molecule has 0 aliphatic heterocycles. The highest BCUT2D eigenvalue weighted by Gasteiger charge is 2.20. The van der Waals surface area contributed by atoms with E-state index in [0.717, 1.165) is 5.56 Å². The fourth-order valence-electron chi connectivity index (χ4n) is 2.04. The summed E-state index contributed by atoms with van der Waals surface area (Å²) in [6.07, 6.45) is 0. The minimum atomic E-state index is -0.925. The summed E-state index contributed by atoms with van der Waals surface area (Å²) in [5, 5.41) is 13.5. The van der Waals surface area contributed by atoms with Crippen molar-refractivity contribution in [2.75, 3.05) is 13.6 Å². The minimum Gasteiger partial charge on any atom is -0.389 e. The second kappa shape index (κ2) is 5.65. The lowest BCUT2D eigenvalue weighted by atomic mass is 10.1. The van der Waals surface area contributed by atoms with Crippen LogP contribution in [0.2, 0.25) is 0 Å². The number of benzene rings is 1. The van der Waals surface area contributed by atoms with Crippen LogP contribution in [0.15, 0.2) is 28.8 Å². The number of rotatable bonds is 4. The largest absolute Gasteiger partial charge is 0.389 e. The quantitative estimate of drug-likeness (QED) is 0.929. The Kier molecular flexibility index (Phi) is 4.09. The Labute approximate surface area is 123 Å². The highest BCUT2D eigenvalue weighted by atomic mass is 16.5. The molecule has 0 unspecified atom stereocenters. The van der Waals surface area contributed by atoms with Crippen molar-refractivity contribution in [2.45, 2.75) is 26.4 Å². The van der Waals surface area contributed by atoms with Gasteiger partial charge in [0.2, 0.25) is 0 Å². The Bertz CT molecular complexity index is 626. The molecule has 1 amide bonds. The molecule has 21 heavy (non-hydrogen) atoms. The first-order valence-corrected chi connectivity index (χ1v) is 6.65. The number of likely N-dealkylation sites (N-methyl/N-ethyl adjacent to an activating group) is 1. The van der Waals surface area contributed by atoms with Crippen molar-refractivity contribution in [3.05, 3.63) is 35.7 Å². The molecule has 1 aromatic carbocycles. The highest BCUT2D eigenvalue weighted by molar-refractivity contribution is 5.94. The SMILES string of the molecule is Cc1noc(-c2ccc(C(=O)N(C)CC(C)(C)O)cc2)n1. The number of hydrogen-bond acceptors (Lipinski definition) is 5. The molecule has 0 fully saturated rings. The van der Waals surface area contributed by atoms with Gasteiger partial charge in [-0.2, -0.15) is 4.98 Å². The van der Waals surface area contributed by atoms with Crippen LogP contribution in [-0.4, -0.2) is 45.2 Å². The Morgan fingerprint density at radius 1 is 1.33 bits per heavy atom. The van der Waals surface area contributed by atoms with Gasteiger partial charge < -0.3 is 14.5 Å². The van der Waals surface area contributed by atoms with Crippen LogP contribution in [0.5, 0.6) is 0 Å². The molecule has 6 nitrogen and oxygen atoms in total. The van der Waals surface area contributed by atoms with Gasteiger partial charge in [-0.05, 0) is 45.0 Å². The van der Waals surface area contributed by atoms with Crippen LogP contribution >= 0.6 is 0 Å².